The Morgan fingerprint density at radius 3 is 2.81 bits per heavy atom. The number of anilines is 1. The summed E-state index contributed by atoms with van der Waals surface area (Å²) in [7, 11) is 5.22. The molecule has 0 atom stereocenters. The van der Waals surface area contributed by atoms with Gasteiger partial charge in [0.05, 0.1) is 12.2 Å². The average Bonchev–Trinajstić information content (AvgIpc) is 2.89. The van der Waals surface area contributed by atoms with E-state index in [1.807, 2.05) is 24.4 Å². The van der Waals surface area contributed by atoms with Crippen LogP contribution in [0.15, 0.2) is 21.2 Å². The number of H-pyrrole nitrogens is 1. The molecule has 2 heterocycles. The minimum atomic E-state index is -0.706. The lowest BCUT2D eigenvalue weighted by Crippen LogP contribution is -2.36. The zero-order valence-electron chi connectivity index (χ0n) is 11.8. The van der Waals surface area contributed by atoms with Gasteiger partial charge in [0.2, 0.25) is 0 Å². The van der Waals surface area contributed by atoms with Crippen LogP contribution in [-0.2, 0) is 13.6 Å². The lowest BCUT2D eigenvalue weighted by molar-refractivity contribution is 0.0948. The van der Waals surface area contributed by atoms with Gasteiger partial charge in [-0.2, -0.15) is 0 Å². The fourth-order valence-electron chi connectivity index (χ4n) is 1.57. The van der Waals surface area contributed by atoms with E-state index in [1.54, 1.807) is 0 Å². The number of carbonyl (C=O) groups excluding carboxylic acids is 1. The fourth-order valence-corrected chi connectivity index (χ4v) is 2.33. The molecule has 0 aromatic carbocycles. The van der Waals surface area contributed by atoms with Gasteiger partial charge in [-0.15, -0.1) is 11.3 Å². The average molecular weight is 309 g/mol. The summed E-state index contributed by atoms with van der Waals surface area (Å²) < 4.78 is 1.14. The van der Waals surface area contributed by atoms with Gasteiger partial charge in [0.1, 0.15) is 5.56 Å². The molecule has 0 saturated heterocycles. The second kappa shape index (κ2) is 5.92. The lowest BCUT2D eigenvalue weighted by Gasteiger charge is -2.06. The number of carbonyl (C=O) groups is 1. The molecule has 2 aromatic heterocycles. The number of aryl methyl sites for hydroxylation is 1. The first kappa shape index (κ1) is 15.0. The van der Waals surface area contributed by atoms with Crippen LogP contribution in [0.3, 0.4) is 0 Å². The molecule has 0 aliphatic carbocycles. The van der Waals surface area contributed by atoms with Crippen LogP contribution in [0.2, 0.25) is 0 Å². The molecule has 2 aromatic rings. The van der Waals surface area contributed by atoms with Crippen LogP contribution in [0.25, 0.3) is 0 Å². The smallest absolute Gasteiger partial charge is 0.328 e. The third-order valence-electron chi connectivity index (χ3n) is 2.71. The summed E-state index contributed by atoms with van der Waals surface area (Å²) in [5.74, 6) is -0.550. The third-order valence-corrected chi connectivity index (χ3v) is 3.76. The van der Waals surface area contributed by atoms with Crippen LogP contribution in [0.4, 0.5) is 5.13 Å². The Morgan fingerprint density at radius 2 is 2.19 bits per heavy atom. The normalized spacial score (nSPS) is 10.4. The number of aromatic amines is 1. The molecule has 2 rings (SSSR count). The Labute approximate surface area is 124 Å². The first-order valence-corrected chi connectivity index (χ1v) is 6.96. The van der Waals surface area contributed by atoms with Gasteiger partial charge in [0.25, 0.3) is 11.5 Å². The number of aromatic nitrogens is 3. The van der Waals surface area contributed by atoms with Crippen molar-refractivity contribution in [1.29, 1.82) is 0 Å². The highest BCUT2D eigenvalue weighted by Crippen LogP contribution is 2.17. The molecular formula is C12H15N5O3S. The first-order valence-electron chi connectivity index (χ1n) is 6.08. The van der Waals surface area contributed by atoms with E-state index < -0.39 is 17.2 Å². The molecule has 2 N–H and O–H groups in total. The second-order valence-electron chi connectivity index (χ2n) is 4.61. The van der Waals surface area contributed by atoms with Crippen molar-refractivity contribution >= 4 is 22.4 Å². The second-order valence-corrected chi connectivity index (χ2v) is 5.45. The Morgan fingerprint density at radius 1 is 1.48 bits per heavy atom. The van der Waals surface area contributed by atoms with Crippen LogP contribution in [0, 0.1) is 0 Å². The molecule has 0 aliphatic heterocycles. The largest absolute Gasteiger partial charge is 0.354 e. The van der Waals surface area contributed by atoms with E-state index in [4.69, 9.17) is 0 Å². The van der Waals surface area contributed by atoms with Gasteiger partial charge in [-0.25, -0.2) is 9.78 Å². The summed E-state index contributed by atoms with van der Waals surface area (Å²) >= 11 is 1.46. The molecule has 0 spiro atoms. The number of nitrogens with one attached hydrogen (secondary N) is 2. The number of hydrogen-bond donors (Lipinski definition) is 2. The van der Waals surface area contributed by atoms with Crippen molar-refractivity contribution in [3.8, 4) is 0 Å². The summed E-state index contributed by atoms with van der Waals surface area (Å²) in [6.07, 6.45) is 1.21. The van der Waals surface area contributed by atoms with E-state index >= 15 is 0 Å². The van der Waals surface area contributed by atoms with Gasteiger partial charge in [0, 0.05) is 32.7 Å². The highest BCUT2D eigenvalue weighted by Gasteiger charge is 2.12. The third kappa shape index (κ3) is 3.37. The molecule has 9 heteroatoms. The van der Waals surface area contributed by atoms with Gasteiger partial charge in [-0.05, 0) is 0 Å². The van der Waals surface area contributed by atoms with E-state index in [-0.39, 0.29) is 12.1 Å². The van der Waals surface area contributed by atoms with Crippen LogP contribution < -0.4 is 21.5 Å². The van der Waals surface area contributed by atoms with Crippen molar-refractivity contribution in [3.63, 3.8) is 0 Å². The molecule has 0 fully saturated rings. The predicted molar refractivity (Wildman–Crippen MR) is 79.9 cm³/mol. The lowest BCUT2D eigenvalue weighted by atomic mass is 10.3. The topological polar surface area (TPSA) is 100 Å². The SMILES string of the molecule is CN(C)c1nc(CNC(=O)c2cn(C)c(=O)[nH]c2=O)cs1. The number of hydrogen-bond acceptors (Lipinski definition) is 6. The molecule has 112 valence electrons. The molecule has 1 amide bonds. The van der Waals surface area contributed by atoms with Crippen molar-refractivity contribution in [2.75, 3.05) is 19.0 Å². The van der Waals surface area contributed by atoms with E-state index in [2.05, 4.69) is 15.3 Å². The van der Waals surface area contributed by atoms with Crippen molar-refractivity contribution in [2.45, 2.75) is 6.54 Å². The van der Waals surface area contributed by atoms with Crippen molar-refractivity contribution in [3.05, 3.63) is 43.7 Å². The maximum Gasteiger partial charge on any atom is 0.328 e. The summed E-state index contributed by atoms with van der Waals surface area (Å²) in [6, 6.07) is 0. The van der Waals surface area contributed by atoms with Gasteiger partial charge >= 0.3 is 5.69 Å². The number of amides is 1. The van der Waals surface area contributed by atoms with Crippen molar-refractivity contribution in [2.24, 2.45) is 7.05 Å². The molecule has 0 aliphatic rings. The van der Waals surface area contributed by atoms with E-state index in [1.165, 1.54) is 24.6 Å². The summed E-state index contributed by atoms with van der Waals surface area (Å²) in [6.45, 7) is 0.214. The Hall–Kier alpha value is -2.42. The number of nitrogens with zero attached hydrogens (tertiary/aromatic N) is 3. The van der Waals surface area contributed by atoms with Gasteiger partial charge in [-0.3, -0.25) is 14.6 Å². The monoisotopic (exact) mass is 309 g/mol. The fraction of sp³-hybridized carbons (Fsp3) is 0.333. The Balaban J connectivity index is 2.10. The zero-order valence-corrected chi connectivity index (χ0v) is 12.7. The summed E-state index contributed by atoms with van der Waals surface area (Å²) in [5.41, 5.74) is -0.673. The quantitative estimate of drug-likeness (QED) is 0.795. The summed E-state index contributed by atoms with van der Waals surface area (Å²) in [5, 5.41) is 5.27. The molecule has 0 saturated carbocycles. The first-order chi connectivity index (χ1) is 9.88. The van der Waals surface area contributed by atoms with Crippen molar-refractivity contribution < 1.29 is 4.79 Å². The maximum absolute atomic E-state index is 12.0. The molecule has 0 radical (unpaired) electrons. The van der Waals surface area contributed by atoms with Crippen molar-refractivity contribution in [1.82, 2.24) is 19.9 Å². The van der Waals surface area contributed by atoms with Gasteiger partial charge in [0.15, 0.2) is 5.13 Å². The standard InChI is InChI=1S/C12H15N5O3S/c1-16(2)12-14-7(6-21-12)4-13-9(18)8-5-17(3)11(20)15-10(8)19/h5-6H,4H2,1-3H3,(H,13,18)(H,15,19,20). The highest BCUT2D eigenvalue weighted by atomic mass is 32.1. The summed E-state index contributed by atoms with van der Waals surface area (Å²) in [4.78, 5) is 43.0. The zero-order chi connectivity index (χ0) is 15.6. The van der Waals surface area contributed by atoms with E-state index in [0.717, 1.165) is 9.70 Å². The number of thiazole rings is 1. The number of rotatable bonds is 4. The maximum atomic E-state index is 12.0. The molecule has 8 nitrogen and oxygen atoms in total. The molecule has 0 bridgehead atoms. The van der Waals surface area contributed by atoms with Gasteiger partial charge < -0.3 is 14.8 Å². The minimum absolute atomic E-state index is 0.111. The predicted octanol–water partition coefficient (Wildman–Crippen LogP) is -0.474. The van der Waals surface area contributed by atoms with Gasteiger partial charge in [-0.1, -0.05) is 0 Å². The molecule has 0 unspecified atom stereocenters. The highest BCUT2D eigenvalue weighted by molar-refractivity contribution is 7.13. The Kier molecular flexibility index (Phi) is 4.22. The van der Waals surface area contributed by atoms with Crippen LogP contribution in [0.1, 0.15) is 16.1 Å². The van der Waals surface area contributed by atoms with E-state index in [9.17, 15) is 14.4 Å². The molecular weight excluding hydrogens is 294 g/mol. The molecule has 21 heavy (non-hydrogen) atoms. The Bertz CT molecular complexity index is 774. The van der Waals surface area contributed by atoms with Crippen LogP contribution in [0.5, 0.6) is 0 Å². The van der Waals surface area contributed by atoms with Crippen LogP contribution >= 0.6 is 11.3 Å². The van der Waals surface area contributed by atoms with Crippen LogP contribution in [-0.4, -0.2) is 34.5 Å². The van der Waals surface area contributed by atoms with E-state index in [0.29, 0.717) is 5.69 Å². The minimum Gasteiger partial charge on any atom is -0.354 e.